The van der Waals surface area contributed by atoms with Gasteiger partial charge in [0.05, 0.1) is 31.3 Å². The van der Waals surface area contributed by atoms with Gasteiger partial charge in [-0.15, -0.1) is 0 Å². The van der Waals surface area contributed by atoms with Crippen LogP contribution in [0.4, 0.5) is 10.5 Å². The maximum atomic E-state index is 14.1. The number of hydrogen-bond acceptors (Lipinski definition) is 4. The second kappa shape index (κ2) is 9.02. The molecule has 1 saturated carbocycles. The lowest BCUT2D eigenvalue weighted by Gasteiger charge is -2.40. The van der Waals surface area contributed by atoms with Crippen LogP contribution >= 0.6 is 0 Å². The Morgan fingerprint density at radius 2 is 1.71 bits per heavy atom. The van der Waals surface area contributed by atoms with Crippen molar-refractivity contribution in [3.8, 4) is 17.2 Å². The molecule has 1 fully saturated rings. The molecule has 5 rings (SSSR count). The van der Waals surface area contributed by atoms with E-state index in [4.69, 9.17) is 9.47 Å². The molecule has 35 heavy (non-hydrogen) atoms. The summed E-state index contributed by atoms with van der Waals surface area (Å²) < 4.78 is 13.4. The number of para-hydroxylation sites is 2. The summed E-state index contributed by atoms with van der Waals surface area (Å²) in [6.45, 7) is -0.000489. The predicted octanol–water partition coefficient (Wildman–Crippen LogP) is 4.08. The summed E-state index contributed by atoms with van der Waals surface area (Å²) in [6, 6.07) is 16.9. The van der Waals surface area contributed by atoms with Crippen molar-refractivity contribution < 1.29 is 19.1 Å². The van der Waals surface area contributed by atoms with Crippen molar-refractivity contribution in [3.05, 3.63) is 72.1 Å². The molecule has 8 nitrogen and oxygen atoms in total. The van der Waals surface area contributed by atoms with E-state index in [1.165, 1.54) is 4.90 Å². The molecule has 1 unspecified atom stereocenters. The first-order valence-corrected chi connectivity index (χ1v) is 11.7. The zero-order valence-electron chi connectivity index (χ0n) is 20.5. The lowest BCUT2D eigenvalue weighted by Crippen LogP contribution is -2.49. The molecule has 1 aliphatic heterocycles. The molecule has 1 aliphatic carbocycles. The van der Waals surface area contributed by atoms with Gasteiger partial charge in [-0.2, -0.15) is 0 Å². The van der Waals surface area contributed by atoms with Crippen LogP contribution in [0.5, 0.6) is 11.5 Å². The number of carbonyl (C=O) groups is 2. The van der Waals surface area contributed by atoms with E-state index in [0.717, 1.165) is 35.5 Å². The Morgan fingerprint density at radius 3 is 2.37 bits per heavy atom. The lowest BCUT2D eigenvalue weighted by atomic mass is 9.96. The largest absolute Gasteiger partial charge is 0.497 e. The van der Waals surface area contributed by atoms with Gasteiger partial charge < -0.3 is 23.8 Å². The van der Waals surface area contributed by atoms with Crippen LogP contribution < -0.4 is 14.4 Å². The zero-order valence-corrected chi connectivity index (χ0v) is 20.5. The van der Waals surface area contributed by atoms with E-state index in [-0.39, 0.29) is 24.5 Å². The van der Waals surface area contributed by atoms with Gasteiger partial charge in [0.2, 0.25) is 5.91 Å². The molecule has 0 saturated heterocycles. The van der Waals surface area contributed by atoms with E-state index in [1.807, 2.05) is 60.8 Å². The number of rotatable bonds is 6. The second-order valence-corrected chi connectivity index (χ2v) is 9.10. The third kappa shape index (κ3) is 3.99. The third-order valence-electron chi connectivity index (χ3n) is 6.64. The van der Waals surface area contributed by atoms with E-state index >= 15 is 0 Å². The molecule has 1 atom stereocenters. The highest BCUT2D eigenvalue weighted by Crippen LogP contribution is 2.45. The van der Waals surface area contributed by atoms with Gasteiger partial charge in [0.15, 0.2) is 0 Å². The van der Waals surface area contributed by atoms with Gasteiger partial charge in [-0.05, 0) is 55.3 Å². The summed E-state index contributed by atoms with van der Waals surface area (Å²) in [5, 5.41) is 0. The molecular weight excluding hydrogens is 444 g/mol. The average molecular weight is 475 g/mol. The zero-order chi connectivity index (χ0) is 24.7. The monoisotopic (exact) mass is 474 g/mol. The fourth-order valence-electron chi connectivity index (χ4n) is 4.83. The third-order valence-corrected chi connectivity index (χ3v) is 6.64. The summed E-state index contributed by atoms with van der Waals surface area (Å²) in [5.74, 6) is 1.18. The van der Waals surface area contributed by atoms with Crippen molar-refractivity contribution in [2.75, 3.05) is 39.8 Å². The Kier molecular flexibility index (Phi) is 5.88. The van der Waals surface area contributed by atoms with Crippen LogP contribution in [0.2, 0.25) is 0 Å². The fraction of sp³-hybridized carbons (Fsp3) is 0.333. The molecule has 0 spiro atoms. The highest BCUT2D eigenvalue weighted by Gasteiger charge is 2.41. The van der Waals surface area contributed by atoms with Gasteiger partial charge in [0, 0.05) is 31.9 Å². The van der Waals surface area contributed by atoms with Crippen LogP contribution in [0.15, 0.2) is 60.8 Å². The Bertz CT molecular complexity index is 1260. The molecule has 2 aromatic carbocycles. The van der Waals surface area contributed by atoms with Crippen molar-refractivity contribution in [2.45, 2.75) is 24.9 Å². The number of carbonyl (C=O) groups excluding carboxylic acids is 2. The molecule has 0 N–H and O–H groups in total. The Hall–Kier alpha value is -3.94. The lowest BCUT2D eigenvalue weighted by molar-refractivity contribution is -0.119. The number of amides is 3. The van der Waals surface area contributed by atoms with Gasteiger partial charge in [-0.3, -0.25) is 9.69 Å². The quantitative estimate of drug-likeness (QED) is 0.540. The normalized spacial score (nSPS) is 16.2. The van der Waals surface area contributed by atoms with Crippen molar-refractivity contribution in [1.29, 1.82) is 0 Å². The number of fused-ring (bicyclic) bond motifs is 3. The molecule has 1 aromatic heterocycles. The number of methoxy groups -OCH3 is 2. The van der Waals surface area contributed by atoms with Crippen molar-refractivity contribution in [3.63, 3.8) is 0 Å². The van der Waals surface area contributed by atoms with Gasteiger partial charge in [-0.25, -0.2) is 4.79 Å². The Morgan fingerprint density at radius 1 is 0.971 bits per heavy atom. The molecule has 182 valence electrons. The SMILES string of the molecule is COc1ccc(OC)c(C2c3cccn3-c3ccccc3N2C(=O)CN(C(=O)N(C)C)C2CC2)c1. The van der Waals surface area contributed by atoms with E-state index in [1.54, 1.807) is 38.1 Å². The van der Waals surface area contributed by atoms with Crippen molar-refractivity contribution in [1.82, 2.24) is 14.4 Å². The number of ether oxygens (including phenoxy) is 2. The first kappa shape index (κ1) is 22.8. The number of hydrogen-bond donors (Lipinski definition) is 0. The minimum atomic E-state index is -0.465. The Labute approximate surface area is 205 Å². The second-order valence-electron chi connectivity index (χ2n) is 9.10. The molecule has 0 bridgehead atoms. The molecule has 2 aliphatic rings. The van der Waals surface area contributed by atoms with Crippen LogP contribution in [-0.2, 0) is 4.79 Å². The van der Waals surface area contributed by atoms with Gasteiger partial charge >= 0.3 is 6.03 Å². The number of anilines is 1. The van der Waals surface area contributed by atoms with Crippen LogP contribution in [0.1, 0.15) is 30.1 Å². The average Bonchev–Trinajstić information content (AvgIpc) is 3.60. The predicted molar refractivity (Wildman–Crippen MR) is 133 cm³/mol. The van der Waals surface area contributed by atoms with Crippen molar-refractivity contribution >= 4 is 17.6 Å². The maximum Gasteiger partial charge on any atom is 0.320 e. The summed E-state index contributed by atoms with van der Waals surface area (Å²) in [4.78, 5) is 32.1. The maximum absolute atomic E-state index is 14.1. The molecule has 3 amide bonds. The molecule has 3 aromatic rings. The Balaban J connectivity index is 1.65. The highest BCUT2D eigenvalue weighted by atomic mass is 16.5. The topological polar surface area (TPSA) is 67.2 Å². The van der Waals surface area contributed by atoms with E-state index in [2.05, 4.69) is 4.57 Å². The summed E-state index contributed by atoms with van der Waals surface area (Å²) in [6.07, 6.45) is 3.83. The highest BCUT2D eigenvalue weighted by molar-refractivity contribution is 6.00. The molecule has 2 heterocycles. The first-order valence-electron chi connectivity index (χ1n) is 11.7. The van der Waals surface area contributed by atoms with Crippen LogP contribution in [0, 0.1) is 0 Å². The minimum absolute atomic E-state index is 0.000489. The van der Waals surface area contributed by atoms with Gasteiger partial charge in [0.25, 0.3) is 0 Å². The molecular formula is C27H30N4O4. The van der Waals surface area contributed by atoms with E-state index in [0.29, 0.717) is 11.5 Å². The van der Waals surface area contributed by atoms with Crippen LogP contribution in [0.25, 0.3) is 5.69 Å². The fourth-order valence-corrected chi connectivity index (χ4v) is 4.83. The van der Waals surface area contributed by atoms with Gasteiger partial charge in [0.1, 0.15) is 24.1 Å². The first-order chi connectivity index (χ1) is 16.9. The van der Waals surface area contributed by atoms with Crippen LogP contribution in [-0.4, -0.2) is 67.2 Å². The number of benzene rings is 2. The van der Waals surface area contributed by atoms with Gasteiger partial charge in [-0.1, -0.05) is 12.1 Å². The smallest absolute Gasteiger partial charge is 0.320 e. The van der Waals surface area contributed by atoms with E-state index in [9.17, 15) is 9.59 Å². The number of aromatic nitrogens is 1. The van der Waals surface area contributed by atoms with E-state index < -0.39 is 6.04 Å². The molecule has 0 radical (unpaired) electrons. The summed E-state index contributed by atoms with van der Waals surface area (Å²) in [5.41, 5.74) is 3.44. The minimum Gasteiger partial charge on any atom is -0.497 e. The molecule has 8 heteroatoms. The summed E-state index contributed by atoms with van der Waals surface area (Å²) in [7, 11) is 6.68. The number of urea groups is 1. The number of nitrogens with zero attached hydrogens (tertiary/aromatic N) is 4. The van der Waals surface area contributed by atoms with Crippen LogP contribution in [0.3, 0.4) is 0 Å². The summed E-state index contributed by atoms with van der Waals surface area (Å²) >= 11 is 0. The standard InChI is InChI=1S/C27H30N4O4/c1-28(2)27(33)30(18-11-12-18)17-25(32)31-22-9-6-5-8-21(22)29-15-7-10-23(29)26(31)20-16-19(34-3)13-14-24(20)35-4/h5-10,13-16,18,26H,11-12,17H2,1-4H3. The van der Waals surface area contributed by atoms with Crippen molar-refractivity contribution in [2.24, 2.45) is 0 Å².